The van der Waals surface area contributed by atoms with E-state index in [1.165, 1.54) is 0 Å². The van der Waals surface area contributed by atoms with Crippen LogP contribution in [0.3, 0.4) is 0 Å². The lowest BCUT2D eigenvalue weighted by Gasteiger charge is -2.36. The summed E-state index contributed by atoms with van der Waals surface area (Å²) in [7, 11) is 3.70. The first-order chi connectivity index (χ1) is 10.7. The highest BCUT2D eigenvalue weighted by Gasteiger charge is 2.33. The lowest BCUT2D eigenvalue weighted by atomic mass is 9.90. The molecule has 0 saturated carbocycles. The Morgan fingerprint density at radius 2 is 1.91 bits per heavy atom. The van der Waals surface area contributed by atoms with Crippen molar-refractivity contribution in [2.45, 2.75) is 40.2 Å². The van der Waals surface area contributed by atoms with E-state index in [9.17, 15) is 9.59 Å². The Kier molecular flexibility index (Phi) is 5.12. The number of likely N-dealkylation sites (tertiary alicyclic amines) is 1. The lowest BCUT2D eigenvalue weighted by Crippen LogP contribution is -2.46. The van der Waals surface area contributed by atoms with E-state index in [0.717, 1.165) is 18.4 Å². The van der Waals surface area contributed by atoms with Crippen molar-refractivity contribution >= 4 is 11.8 Å². The van der Waals surface area contributed by atoms with Crippen molar-refractivity contribution in [3.63, 3.8) is 0 Å². The van der Waals surface area contributed by atoms with Crippen molar-refractivity contribution in [2.75, 3.05) is 20.1 Å². The minimum Gasteiger partial charge on any atom is -0.342 e. The van der Waals surface area contributed by atoms with Gasteiger partial charge in [-0.15, -0.1) is 0 Å². The van der Waals surface area contributed by atoms with E-state index < -0.39 is 0 Å². The second-order valence-electron chi connectivity index (χ2n) is 7.53. The first kappa shape index (κ1) is 17.5. The SMILES string of the molecule is CN(Cc1cnn(C)c1)C(=O)C1CCN(C(=O)C(C)(C)C)CC1. The number of rotatable bonds is 3. The molecule has 2 amide bonds. The van der Waals surface area contributed by atoms with E-state index in [4.69, 9.17) is 0 Å². The number of nitrogens with zero attached hydrogens (tertiary/aromatic N) is 4. The molecule has 2 rings (SSSR count). The van der Waals surface area contributed by atoms with Gasteiger partial charge in [-0.2, -0.15) is 5.10 Å². The minimum absolute atomic E-state index is 0.0145. The second-order valence-corrected chi connectivity index (χ2v) is 7.53. The van der Waals surface area contributed by atoms with Gasteiger partial charge in [0.1, 0.15) is 0 Å². The van der Waals surface area contributed by atoms with Gasteiger partial charge in [0.15, 0.2) is 0 Å². The van der Waals surface area contributed by atoms with E-state index >= 15 is 0 Å². The molecule has 0 aromatic carbocycles. The molecule has 0 atom stereocenters. The van der Waals surface area contributed by atoms with E-state index in [0.29, 0.717) is 19.6 Å². The molecule has 0 N–H and O–H groups in total. The number of aryl methyl sites for hydroxylation is 1. The van der Waals surface area contributed by atoms with Crippen LogP contribution >= 0.6 is 0 Å². The van der Waals surface area contributed by atoms with Gasteiger partial charge in [0.25, 0.3) is 0 Å². The van der Waals surface area contributed by atoms with Crippen LogP contribution in [0.1, 0.15) is 39.2 Å². The highest BCUT2D eigenvalue weighted by atomic mass is 16.2. The van der Waals surface area contributed by atoms with Crippen LogP contribution in [0.25, 0.3) is 0 Å². The summed E-state index contributed by atoms with van der Waals surface area (Å²) in [6.07, 6.45) is 5.21. The molecule has 128 valence electrons. The average Bonchev–Trinajstić information content (AvgIpc) is 2.90. The van der Waals surface area contributed by atoms with Crippen LogP contribution in [0.5, 0.6) is 0 Å². The van der Waals surface area contributed by atoms with Gasteiger partial charge in [0, 0.05) is 56.8 Å². The largest absolute Gasteiger partial charge is 0.342 e. The summed E-state index contributed by atoms with van der Waals surface area (Å²) < 4.78 is 1.74. The third-order valence-electron chi connectivity index (χ3n) is 4.33. The van der Waals surface area contributed by atoms with E-state index in [-0.39, 0.29) is 23.1 Å². The second kappa shape index (κ2) is 6.72. The molecule has 1 saturated heterocycles. The summed E-state index contributed by atoms with van der Waals surface area (Å²) in [5, 5.41) is 4.13. The van der Waals surface area contributed by atoms with Crippen molar-refractivity contribution in [3.8, 4) is 0 Å². The summed E-state index contributed by atoms with van der Waals surface area (Å²) in [4.78, 5) is 28.5. The molecular formula is C17H28N4O2. The van der Waals surface area contributed by atoms with E-state index in [1.54, 1.807) is 15.8 Å². The first-order valence-corrected chi connectivity index (χ1v) is 8.20. The van der Waals surface area contributed by atoms with Crippen LogP contribution in [-0.4, -0.2) is 51.5 Å². The van der Waals surface area contributed by atoms with Gasteiger partial charge in [0.05, 0.1) is 6.20 Å². The van der Waals surface area contributed by atoms with Crippen LogP contribution < -0.4 is 0 Å². The lowest BCUT2D eigenvalue weighted by molar-refractivity contribution is -0.144. The smallest absolute Gasteiger partial charge is 0.227 e. The van der Waals surface area contributed by atoms with E-state index in [2.05, 4.69) is 5.10 Å². The number of amides is 2. The van der Waals surface area contributed by atoms with Crippen molar-refractivity contribution in [1.29, 1.82) is 0 Å². The first-order valence-electron chi connectivity index (χ1n) is 8.20. The molecule has 0 radical (unpaired) electrons. The Balaban J connectivity index is 1.87. The highest BCUT2D eigenvalue weighted by Crippen LogP contribution is 2.24. The number of hydrogen-bond acceptors (Lipinski definition) is 3. The van der Waals surface area contributed by atoms with Crippen molar-refractivity contribution in [1.82, 2.24) is 19.6 Å². The van der Waals surface area contributed by atoms with Crippen LogP contribution in [-0.2, 0) is 23.2 Å². The summed E-state index contributed by atoms with van der Waals surface area (Å²) in [6, 6.07) is 0. The van der Waals surface area contributed by atoms with Crippen molar-refractivity contribution < 1.29 is 9.59 Å². The molecule has 1 fully saturated rings. The maximum atomic E-state index is 12.6. The van der Waals surface area contributed by atoms with Gasteiger partial charge in [0.2, 0.25) is 11.8 Å². The summed E-state index contributed by atoms with van der Waals surface area (Å²) in [5.41, 5.74) is 0.678. The standard InChI is InChI=1S/C17H28N4O2/c1-17(2,3)16(23)21-8-6-14(7-9-21)15(22)19(4)11-13-10-18-20(5)12-13/h10,12,14H,6-9,11H2,1-5H3. The Morgan fingerprint density at radius 1 is 1.30 bits per heavy atom. The fourth-order valence-electron chi connectivity index (χ4n) is 3.02. The Labute approximate surface area is 138 Å². The number of piperidine rings is 1. The van der Waals surface area contributed by atoms with Crippen LogP contribution in [0.2, 0.25) is 0 Å². The van der Waals surface area contributed by atoms with Crippen molar-refractivity contribution in [2.24, 2.45) is 18.4 Å². The molecule has 23 heavy (non-hydrogen) atoms. The van der Waals surface area contributed by atoms with Gasteiger partial charge < -0.3 is 9.80 Å². The zero-order valence-corrected chi connectivity index (χ0v) is 14.9. The zero-order chi connectivity index (χ0) is 17.2. The topological polar surface area (TPSA) is 58.4 Å². The monoisotopic (exact) mass is 320 g/mol. The number of carbonyl (C=O) groups is 2. The molecule has 6 nitrogen and oxygen atoms in total. The molecule has 0 aliphatic carbocycles. The van der Waals surface area contributed by atoms with Gasteiger partial charge in [-0.3, -0.25) is 14.3 Å². The quantitative estimate of drug-likeness (QED) is 0.851. The fourth-order valence-corrected chi connectivity index (χ4v) is 3.02. The average molecular weight is 320 g/mol. The number of carbonyl (C=O) groups excluding carboxylic acids is 2. The third-order valence-corrected chi connectivity index (χ3v) is 4.33. The Morgan fingerprint density at radius 3 is 2.39 bits per heavy atom. The van der Waals surface area contributed by atoms with Crippen molar-refractivity contribution in [3.05, 3.63) is 18.0 Å². The highest BCUT2D eigenvalue weighted by molar-refractivity contribution is 5.82. The van der Waals surface area contributed by atoms with Gasteiger partial charge in [-0.25, -0.2) is 0 Å². The molecule has 0 unspecified atom stereocenters. The van der Waals surface area contributed by atoms with Gasteiger partial charge >= 0.3 is 0 Å². The maximum Gasteiger partial charge on any atom is 0.227 e. The predicted octanol–water partition coefficient (Wildman–Crippen LogP) is 1.66. The van der Waals surface area contributed by atoms with Crippen LogP contribution in [0.15, 0.2) is 12.4 Å². The van der Waals surface area contributed by atoms with E-state index in [1.807, 2.05) is 46.0 Å². The third kappa shape index (κ3) is 4.33. The normalized spacial score (nSPS) is 16.5. The minimum atomic E-state index is -0.353. The molecule has 1 aliphatic heterocycles. The van der Waals surface area contributed by atoms with Crippen LogP contribution in [0, 0.1) is 11.3 Å². The zero-order valence-electron chi connectivity index (χ0n) is 14.9. The van der Waals surface area contributed by atoms with Gasteiger partial charge in [-0.1, -0.05) is 20.8 Å². The number of hydrogen-bond donors (Lipinski definition) is 0. The molecule has 1 aliphatic rings. The molecular weight excluding hydrogens is 292 g/mol. The molecule has 2 heterocycles. The predicted molar refractivity (Wildman–Crippen MR) is 88.4 cm³/mol. The summed E-state index contributed by atoms with van der Waals surface area (Å²) in [5.74, 6) is 0.351. The Hall–Kier alpha value is -1.85. The summed E-state index contributed by atoms with van der Waals surface area (Å²) in [6.45, 7) is 7.74. The maximum absolute atomic E-state index is 12.6. The number of aromatic nitrogens is 2. The van der Waals surface area contributed by atoms with Crippen LogP contribution in [0.4, 0.5) is 0 Å². The Bertz CT molecular complexity index is 565. The molecule has 0 spiro atoms. The molecule has 6 heteroatoms. The molecule has 1 aromatic rings. The summed E-state index contributed by atoms with van der Waals surface area (Å²) >= 11 is 0. The van der Waals surface area contributed by atoms with Gasteiger partial charge in [-0.05, 0) is 12.8 Å². The molecule has 0 bridgehead atoms. The fraction of sp³-hybridized carbons (Fsp3) is 0.706. The molecule has 1 aromatic heterocycles.